The lowest BCUT2D eigenvalue weighted by Crippen LogP contribution is -2.29. The smallest absolute Gasteiger partial charge is 0.423 e. The maximum absolute atomic E-state index is 9.06. The molecule has 2 rings (SSSR count). The fraction of sp³-hybridized carbons (Fsp3) is 0. The highest BCUT2D eigenvalue weighted by Crippen LogP contribution is 2.32. The van der Waals surface area contributed by atoms with Crippen LogP contribution in [0.5, 0.6) is 0 Å². The summed E-state index contributed by atoms with van der Waals surface area (Å²) in [7, 11) is -1.40. The molecule has 0 unspecified atom stereocenters. The van der Waals surface area contributed by atoms with Gasteiger partial charge in [-0.3, -0.25) is 0 Å². The van der Waals surface area contributed by atoms with Crippen molar-refractivity contribution in [1.82, 2.24) is 0 Å². The van der Waals surface area contributed by atoms with Crippen molar-refractivity contribution in [2.75, 3.05) is 0 Å². The van der Waals surface area contributed by atoms with Gasteiger partial charge >= 0.3 is 7.12 Å². The van der Waals surface area contributed by atoms with E-state index < -0.39 is 7.12 Å². The SMILES string of the molecule is OB(O)c1cc(I)c2sc(Br)cc2c1. The standard InChI is InChI=1S/C8H5BBrIO2S/c10-7-2-4-1-5(9(12)13)3-6(11)8(4)14-7/h1-3,12-13H. The fourth-order valence-electron chi connectivity index (χ4n) is 1.25. The molecule has 0 fully saturated rings. The van der Waals surface area contributed by atoms with Crippen LogP contribution in [0.4, 0.5) is 0 Å². The summed E-state index contributed by atoms with van der Waals surface area (Å²) in [6.45, 7) is 0. The van der Waals surface area contributed by atoms with E-state index in [0.717, 1.165) is 12.7 Å². The minimum Gasteiger partial charge on any atom is -0.423 e. The zero-order valence-electron chi connectivity index (χ0n) is 6.87. The molecule has 1 heterocycles. The molecule has 0 amide bonds. The lowest BCUT2D eigenvalue weighted by molar-refractivity contribution is 0.426. The number of benzene rings is 1. The average molecular weight is 383 g/mol. The lowest BCUT2D eigenvalue weighted by atomic mass is 9.80. The average Bonchev–Trinajstić information content (AvgIpc) is 2.45. The van der Waals surface area contributed by atoms with E-state index in [4.69, 9.17) is 10.0 Å². The Labute approximate surface area is 107 Å². The van der Waals surface area contributed by atoms with Gasteiger partial charge in [-0.2, -0.15) is 0 Å². The van der Waals surface area contributed by atoms with E-state index in [1.165, 1.54) is 4.70 Å². The summed E-state index contributed by atoms with van der Waals surface area (Å²) in [5.41, 5.74) is 0.534. The summed E-state index contributed by atoms with van der Waals surface area (Å²) in [4.78, 5) is 0. The fourth-order valence-corrected chi connectivity index (χ4v) is 3.76. The van der Waals surface area contributed by atoms with Crippen molar-refractivity contribution in [2.45, 2.75) is 0 Å². The van der Waals surface area contributed by atoms with Gasteiger partial charge in [0.1, 0.15) is 0 Å². The van der Waals surface area contributed by atoms with Crippen LogP contribution in [0.25, 0.3) is 10.1 Å². The Kier molecular flexibility index (Phi) is 3.18. The molecular formula is C8H5BBrIO2S. The first kappa shape index (κ1) is 10.9. The number of hydrogen-bond acceptors (Lipinski definition) is 3. The van der Waals surface area contributed by atoms with Gasteiger partial charge in [0.05, 0.1) is 3.79 Å². The molecule has 0 saturated carbocycles. The zero-order chi connectivity index (χ0) is 10.3. The molecule has 0 saturated heterocycles. The first-order valence-corrected chi connectivity index (χ1v) is 6.51. The molecule has 14 heavy (non-hydrogen) atoms. The van der Waals surface area contributed by atoms with Crippen molar-refractivity contribution in [3.8, 4) is 0 Å². The molecule has 0 aliphatic rings. The Bertz CT molecular complexity index is 485. The summed E-state index contributed by atoms with van der Waals surface area (Å²) in [6, 6.07) is 5.56. The molecule has 6 heteroatoms. The molecule has 1 aromatic heterocycles. The van der Waals surface area contributed by atoms with Crippen molar-refractivity contribution >= 4 is 72.5 Å². The van der Waals surface area contributed by atoms with Crippen molar-refractivity contribution in [3.05, 3.63) is 25.6 Å². The minimum absolute atomic E-state index is 0.534. The highest BCUT2D eigenvalue weighted by Gasteiger charge is 2.14. The minimum atomic E-state index is -1.40. The summed E-state index contributed by atoms with van der Waals surface area (Å²) < 4.78 is 3.26. The predicted octanol–water partition coefficient (Wildman–Crippen LogP) is 1.95. The largest absolute Gasteiger partial charge is 0.488 e. The van der Waals surface area contributed by atoms with E-state index in [2.05, 4.69) is 38.5 Å². The Balaban J connectivity index is 2.71. The molecule has 72 valence electrons. The highest BCUT2D eigenvalue weighted by molar-refractivity contribution is 14.1. The predicted molar refractivity (Wildman–Crippen MR) is 72.1 cm³/mol. The molecule has 2 aromatic rings. The lowest BCUT2D eigenvalue weighted by Gasteiger charge is -2.01. The van der Waals surface area contributed by atoms with Crippen LogP contribution >= 0.6 is 49.9 Å². The molecule has 1 aromatic carbocycles. The van der Waals surface area contributed by atoms with Crippen LogP contribution in [-0.2, 0) is 0 Å². The number of rotatable bonds is 1. The second kappa shape index (κ2) is 4.09. The van der Waals surface area contributed by atoms with Gasteiger partial charge in [-0.05, 0) is 61.5 Å². The third-order valence-corrected chi connectivity index (χ3v) is 4.77. The maximum Gasteiger partial charge on any atom is 0.488 e. The molecule has 0 bridgehead atoms. The van der Waals surface area contributed by atoms with Crippen LogP contribution in [0.1, 0.15) is 0 Å². The van der Waals surface area contributed by atoms with Gasteiger partial charge in [0.25, 0.3) is 0 Å². The van der Waals surface area contributed by atoms with Crippen molar-refractivity contribution in [2.24, 2.45) is 0 Å². The van der Waals surface area contributed by atoms with Gasteiger partial charge in [0.2, 0.25) is 0 Å². The summed E-state index contributed by atoms with van der Waals surface area (Å²) in [5.74, 6) is 0. The van der Waals surface area contributed by atoms with E-state index >= 15 is 0 Å². The van der Waals surface area contributed by atoms with Gasteiger partial charge in [-0.25, -0.2) is 0 Å². The van der Waals surface area contributed by atoms with Crippen molar-refractivity contribution in [3.63, 3.8) is 0 Å². The monoisotopic (exact) mass is 382 g/mol. The van der Waals surface area contributed by atoms with Crippen molar-refractivity contribution < 1.29 is 10.0 Å². The van der Waals surface area contributed by atoms with Gasteiger partial charge in [-0.1, -0.05) is 6.07 Å². The van der Waals surface area contributed by atoms with Crippen LogP contribution in [0.15, 0.2) is 22.0 Å². The first-order chi connectivity index (χ1) is 6.58. The normalized spacial score (nSPS) is 10.9. The summed E-state index contributed by atoms with van der Waals surface area (Å²) in [5, 5.41) is 19.2. The van der Waals surface area contributed by atoms with Crippen LogP contribution in [0.3, 0.4) is 0 Å². The van der Waals surface area contributed by atoms with Gasteiger partial charge < -0.3 is 10.0 Å². The third-order valence-electron chi connectivity index (χ3n) is 1.86. The quantitative estimate of drug-likeness (QED) is 0.584. The second-order valence-electron chi connectivity index (χ2n) is 2.85. The molecule has 0 spiro atoms. The number of fused-ring (bicyclic) bond motifs is 1. The van der Waals surface area contributed by atoms with E-state index in [-0.39, 0.29) is 0 Å². The first-order valence-electron chi connectivity index (χ1n) is 3.82. The maximum atomic E-state index is 9.06. The molecule has 0 aliphatic carbocycles. The highest BCUT2D eigenvalue weighted by atomic mass is 127. The third kappa shape index (κ3) is 1.99. The van der Waals surface area contributed by atoms with Crippen LogP contribution < -0.4 is 5.46 Å². The van der Waals surface area contributed by atoms with Gasteiger partial charge in [0, 0.05) is 8.27 Å². The van der Waals surface area contributed by atoms with Gasteiger partial charge in [-0.15, -0.1) is 11.3 Å². The molecule has 0 aliphatic heterocycles. The Morgan fingerprint density at radius 2 is 2.00 bits per heavy atom. The molecule has 0 radical (unpaired) electrons. The van der Waals surface area contributed by atoms with Gasteiger partial charge in [0.15, 0.2) is 0 Å². The van der Waals surface area contributed by atoms with E-state index in [1.807, 2.05) is 6.07 Å². The van der Waals surface area contributed by atoms with Crippen LogP contribution in [-0.4, -0.2) is 17.2 Å². The Hall–Kier alpha value is 0.375. The number of hydrogen-bond donors (Lipinski definition) is 2. The molecule has 2 N–H and O–H groups in total. The summed E-state index contributed by atoms with van der Waals surface area (Å²) in [6.07, 6.45) is 0. The summed E-state index contributed by atoms with van der Waals surface area (Å²) >= 11 is 7.25. The second-order valence-corrected chi connectivity index (χ2v) is 6.44. The topological polar surface area (TPSA) is 40.5 Å². The Morgan fingerprint density at radius 3 is 2.64 bits per heavy atom. The van der Waals surface area contributed by atoms with E-state index in [0.29, 0.717) is 5.46 Å². The van der Waals surface area contributed by atoms with Crippen molar-refractivity contribution in [1.29, 1.82) is 0 Å². The van der Waals surface area contributed by atoms with Crippen LogP contribution in [0, 0.1) is 3.57 Å². The molecule has 0 atom stereocenters. The van der Waals surface area contributed by atoms with E-state index in [9.17, 15) is 0 Å². The Morgan fingerprint density at radius 1 is 1.29 bits per heavy atom. The molecule has 2 nitrogen and oxygen atoms in total. The van der Waals surface area contributed by atoms with Crippen LogP contribution in [0.2, 0.25) is 0 Å². The number of halogens is 2. The zero-order valence-corrected chi connectivity index (χ0v) is 11.4. The molecular weight excluding hydrogens is 378 g/mol. The van der Waals surface area contributed by atoms with E-state index in [1.54, 1.807) is 23.5 Å². The number of thiophene rings is 1.